The van der Waals surface area contributed by atoms with E-state index in [1.807, 2.05) is 33.2 Å². The van der Waals surface area contributed by atoms with Crippen LogP contribution in [-0.2, 0) is 10.0 Å². The maximum Gasteiger partial charge on any atom is 0.240 e. The van der Waals surface area contributed by atoms with Gasteiger partial charge in [0, 0.05) is 32.4 Å². The van der Waals surface area contributed by atoms with Gasteiger partial charge in [-0.05, 0) is 62.7 Å². The van der Waals surface area contributed by atoms with Crippen molar-refractivity contribution in [3.63, 3.8) is 0 Å². The minimum Gasteiger partial charge on any atom is -0.378 e. The molecule has 0 unspecified atom stereocenters. The average molecular weight is 388 g/mol. The molecule has 1 heterocycles. The van der Waals surface area contributed by atoms with Crippen LogP contribution in [0.3, 0.4) is 0 Å². The lowest BCUT2D eigenvalue weighted by Crippen LogP contribution is -2.36. The molecule has 1 aliphatic rings. The summed E-state index contributed by atoms with van der Waals surface area (Å²) < 4.78 is 28.2. The molecule has 5 nitrogen and oxygen atoms in total. The third kappa shape index (κ3) is 4.89. The van der Waals surface area contributed by atoms with E-state index in [9.17, 15) is 8.42 Å². The van der Waals surface area contributed by atoms with Gasteiger partial charge in [-0.3, -0.25) is 4.90 Å². The lowest BCUT2D eigenvalue weighted by molar-refractivity contribution is 0.246. The second kappa shape index (κ2) is 8.42. The van der Waals surface area contributed by atoms with E-state index in [0.717, 1.165) is 42.7 Å². The Bertz CT molecular complexity index is 840. The third-order valence-corrected chi connectivity index (χ3v) is 6.61. The molecule has 2 aromatic rings. The summed E-state index contributed by atoms with van der Waals surface area (Å²) in [6, 6.07) is 15.4. The summed E-state index contributed by atoms with van der Waals surface area (Å²) in [6.45, 7) is 4.33. The predicted octanol–water partition coefficient (Wildman–Crippen LogP) is 3.18. The first-order chi connectivity index (χ1) is 12.9. The Morgan fingerprint density at radius 2 is 1.59 bits per heavy atom. The fourth-order valence-corrected chi connectivity index (χ4v) is 4.53. The van der Waals surface area contributed by atoms with Gasteiger partial charge in [0.05, 0.1) is 4.90 Å². The highest BCUT2D eigenvalue weighted by atomic mass is 32.2. The number of aryl methyl sites for hydroxylation is 1. The zero-order valence-corrected chi connectivity index (χ0v) is 17.2. The van der Waals surface area contributed by atoms with Gasteiger partial charge < -0.3 is 4.90 Å². The number of hydrogen-bond donors (Lipinski definition) is 1. The van der Waals surface area contributed by atoms with Gasteiger partial charge in [0.25, 0.3) is 0 Å². The van der Waals surface area contributed by atoms with E-state index in [2.05, 4.69) is 38.8 Å². The van der Waals surface area contributed by atoms with Crippen molar-refractivity contribution >= 4 is 15.7 Å². The Hall–Kier alpha value is -1.89. The first-order valence-electron chi connectivity index (χ1n) is 9.44. The molecule has 3 rings (SSSR count). The second-order valence-electron chi connectivity index (χ2n) is 7.41. The first kappa shape index (κ1) is 19.9. The van der Waals surface area contributed by atoms with Crippen molar-refractivity contribution in [1.82, 2.24) is 9.62 Å². The van der Waals surface area contributed by atoms with E-state index < -0.39 is 10.0 Å². The monoisotopic (exact) mass is 387 g/mol. The molecule has 1 saturated heterocycles. The van der Waals surface area contributed by atoms with Crippen molar-refractivity contribution in [2.45, 2.75) is 30.7 Å². The molecular formula is C21H29N3O2S. The van der Waals surface area contributed by atoms with Crippen molar-refractivity contribution in [3.8, 4) is 0 Å². The Morgan fingerprint density at radius 1 is 1.00 bits per heavy atom. The number of likely N-dealkylation sites (tertiary alicyclic amines) is 1. The summed E-state index contributed by atoms with van der Waals surface area (Å²) in [5.74, 6) is 0. The second-order valence-corrected chi connectivity index (χ2v) is 9.18. The molecule has 1 N–H and O–H groups in total. The summed E-state index contributed by atoms with van der Waals surface area (Å²) >= 11 is 0. The molecule has 1 fully saturated rings. The van der Waals surface area contributed by atoms with E-state index in [0.29, 0.717) is 11.4 Å². The van der Waals surface area contributed by atoms with Gasteiger partial charge in [-0.2, -0.15) is 0 Å². The molecule has 2 aromatic carbocycles. The molecule has 0 amide bonds. The van der Waals surface area contributed by atoms with E-state index in [1.165, 1.54) is 0 Å². The average Bonchev–Trinajstić information content (AvgIpc) is 3.17. The topological polar surface area (TPSA) is 52.7 Å². The molecular weight excluding hydrogens is 358 g/mol. The van der Waals surface area contributed by atoms with Crippen LogP contribution in [0.2, 0.25) is 0 Å². The van der Waals surface area contributed by atoms with Crippen LogP contribution in [0.15, 0.2) is 53.4 Å². The molecule has 0 spiro atoms. The highest BCUT2D eigenvalue weighted by Gasteiger charge is 2.25. The number of rotatable bonds is 7. The number of nitrogens with one attached hydrogen (secondary N) is 1. The van der Waals surface area contributed by atoms with Gasteiger partial charge in [-0.15, -0.1) is 0 Å². The number of nitrogens with zero attached hydrogens (tertiary/aromatic N) is 2. The smallest absolute Gasteiger partial charge is 0.240 e. The van der Waals surface area contributed by atoms with Crippen LogP contribution >= 0.6 is 0 Å². The molecule has 146 valence electrons. The molecule has 0 aliphatic carbocycles. The van der Waals surface area contributed by atoms with Gasteiger partial charge in [0.2, 0.25) is 10.0 Å². The Morgan fingerprint density at radius 3 is 2.15 bits per heavy atom. The number of anilines is 1. The molecule has 0 radical (unpaired) electrons. The number of benzene rings is 2. The lowest BCUT2D eigenvalue weighted by atomic mass is 10.1. The zero-order valence-electron chi connectivity index (χ0n) is 16.4. The van der Waals surface area contributed by atoms with Crippen molar-refractivity contribution in [2.24, 2.45) is 0 Å². The third-order valence-electron chi connectivity index (χ3n) is 5.17. The summed E-state index contributed by atoms with van der Waals surface area (Å²) in [6.07, 6.45) is 2.33. The molecule has 6 heteroatoms. The van der Waals surface area contributed by atoms with Crippen molar-refractivity contribution in [2.75, 3.05) is 38.6 Å². The number of hydrogen-bond acceptors (Lipinski definition) is 4. The van der Waals surface area contributed by atoms with Crippen molar-refractivity contribution in [1.29, 1.82) is 0 Å². The molecule has 1 aliphatic heterocycles. The fraction of sp³-hybridized carbons (Fsp3) is 0.429. The molecule has 0 aromatic heterocycles. The highest BCUT2D eigenvalue weighted by molar-refractivity contribution is 7.89. The molecule has 27 heavy (non-hydrogen) atoms. The van der Waals surface area contributed by atoms with E-state index in [4.69, 9.17) is 0 Å². The minimum absolute atomic E-state index is 0.0453. The zero-order chi connectivity index (χ0) is 19.4. The summed E-state index contributed by atoms with van der Waals surface area (Å²) in [5.41, 5.74) is 3.33. The largest absolute Gasteiger partial charge is 0.378 e. The Balaban J connectivity index is 1.78. The van der Waals surface area contributed by atoms with E-state index >= 15 is 0 Å². The van der Waals surface area contributed by atoms with Gasteiger partial charge in [0.15, 0.2) is 0 Å². The minimum atomic E-state index is -3.52. The fourth-order valence-electron chi connectivity index (χ4n) is 3.50. The Labute approximate surface area is 163 Å². The SMILES string of the molecule is Cc1ccc(S(=O)(=O)NC[C@H](c2ccc(N(C)C)cc2)N2CCCC2)cc1. The Kier molecular flexibility index (Phi) is 6.19. The van der Waals surface area contributed by atoms with Gasteiger partial charge in [-0.1, -0.05) is 29.8 Å². The summed E-state index contributed by atoms with van der Waals surface area (Å²) in [7, 11) is 0.517. The molecule has 0 saturated carbocycles. The summed E-state index contributed by atoms with van der Waals surface area (Å²) in [5, 5.41) is 0. The van der Waals surface area contributed by atoms with Crippen LogP contribution < -0.4 is 9.62 Å². The van der Waals surface area contributed by atoms with Gasteiger partial charge in [0.1, 0.15) is 0 Å². The number of sulfonamides is 1. The highest BCUT2D eigenvalue weighted by Crippen LogP contribution is 2.26. The predicted molar refractivity (Wildman–Crippen MR) is 111 cm³/mol. The maximum absolute atomic E-state index is 12.7. The van der Waals surface area contributed by atoms with Crippen molar-refractivity contribution in [3.05, 3.63) is 59.7 Å². The van der Waals surface area contributed by atoms with Crippen molar-refractivity contribution < 1.29 is 8.42 Å². The normalized spacial score (nSPS) is 16.4. The molecule has 1 atom stereocenters. The quantitative estimate of drug-likeness (QED) is 0.793. The van der Waals surface area contributed by atoms with E-state index in [1.54, 1.807) is 12.1 Å². The maximum atomic E-state index is 12.7. The standard InChI is InChI=1S/C21H29N3O2S/c1-17-6-12-20(13-7-17)27(25,26)22-16-21(24-14-4-5-15-24)18-8-10-19(11-9-18)23(2)3/h6-13,21-22H,4-5,14-16H2,1-3H3/t21-/m1/s1. The summed E-state index contributed by atoms with van der Waals surface area (Å²) in [4.78, 5) is 4.76. The van der Waals surface area contributed by atoms with Crippen LogP contribution in [0.5, 0.6) is 0 Å². The van der Waals surface area contributed by atoms with Gasteiger partial charge in [-0.25, -0.2) is 13.1 Å². The van der Waals surface area contributed by atoms with E-state index in [-0.39, 0.29) is 6.04 Å². The van der Waals surface area contributed by atoms with Gasteiger partial charge >= 0.3 is 0 Å². The van der Waals surface area contributed by atoms with Crippen LogP contribution in [-0.4, -0.2) is 47.0 Å². The first-order valence-corrected chi connectivity index (χ1v) is 10.9. The van der Waals surface area contributed by atoms with Crippen LogP contribution in [0.25, 0.3) is 0 Å². The molecule has 0 bridgehead atoms. The van der Waals surface area contributed by atoms with Crippen LogP contribution in [0, 0.1) is 6.92 Å². The lowest BCUT2D eigenvalue weighted by Gasteiger charge is -2.28. The van der Waals surface area contributed by atoms with Crippen LogP contribution in [0.1, 0.15) is 30.0 Å². The van der Waals surface area contributed by atoms with Crippen LogP contribution in [0.4, 0.5) is 5.69 Å².